The third-order valence-corrected chi connectivity index (χ3v) is 5.89. The van der Waals surface area contributed by atoms with Crippen molar-refractivity contribution in [2.45, 2.75) is 103 Å². The number of amides is 4. The Labute approximate surface area is 220 Å². The first-order chi connectivity index (χ1) is 17.6. The number of carbonyl (C=O) groups excluding carboxylic acids is 4. The highest BCUT2D eigenvalue weighted by molar-refractivity contribution is 5.95. The number of nitrogens with one attached hydrogen (secondary N) is 4. The van der Waals surface area contributed by atoms with Gasteiger partial charge in [-0.15, -0.1) is 0 Å². The van der Waals surface area contributed by atoms with Gasteiger partial charge < -0.3 is 31.5 Å². The third kappa shape index (κ3) is 14.4. The topological polar surface area (TPSA) is 157 Å². The van der Waals surface area contributed by atoms with Gasteiger partial charge in [-0.05, 0) is 33.1 Å². The van der Waals surface area contributed by atoms with E-state index in [0.717, 1.165) is 12.8 Å². The zero-order valence-corrected chi connectivity index (χ0v) is 22.3. The number of aliphatic hydroxyl groups excluding tert-OH is 2. The van der Waals surface area contributed by atoms with Gasteiger partial charge in [-0.25, -0.2) is 0 Å². The van der Waals surface area contributed by atoms with Gasteiger partial charge in [0.05, 0.1) is 12.2 Å². The smallest absolute Gasteiger partial charge is 0.246 e. The van der Waals surface area contributed by atoms with E-state index >= 15 is 0 Å². The molecule has 10 heteroatoms. The van der Waals surface area contributed by atoms with Gasteiger partial charge in [0.25, 0.3) is 0 Å². The first kappa shape index (κ1) is 32.0. The molecule has 0 aliphatic carbocycles. The molecule has 1 aliphatic rings. The quantitative estimate of drug-likeness (QED) is 0.130. The Hall–Kier alpha value is -2.98. The number of carbonyl (C=O) groups is 4. The Morgan fingerprint density at radius 1 is 1.19 bits per heavy atom. The maximum absolute atomic E-state index is 12.9. The van der Waals surface area contributed by atoms with Gasteiger partial charge in [-0.3, -0.25) is 19.2 Å². The van der Waals surface area contributed by atoms with Crippen LogP contribution in [0.15, 0.2) is 36.1 Å². The molecule has 1 heterocycles. The Balaban J connectivity index is 2.74. The molecule has 0 fully saturated rings. The van der Waals surface area contributed by atoms with Crippen molar-refractivity contribution in [1.82, 2.24) is 21.3 Å². The molecule has 4 atom stereocenters. The molecule has 0 aromatic carbocycles. The van der Waals surface area contributed by atoms with Crippen molar-refractivity contribution in [1.29, 1.82) is 0 Å². The molecule has 208 valence electrons. The Morgan fingerprint density at radius 3 is 2.62 bits per heavy atom. The number of allylic oxidation sites excluding steroid dienone is 4. The van der Waals surface area contributed by atoms with Crippen molar-refractivity contribution in [2.75, 3.05) is 6.54 Å². The number of hydrogen-bond acceptors (Lipinski definition) is 6. The molecule has 0 bridgehead atoms. The van der Waals surface area contributed by atoms with E-state index in [1.807, 2.05) is 6.08 Å². The molecule has 0 unspecified atom stereocenters. The maximum Gasteiger partial charge on any atom is 0.246 e. The third-order valence-electron chi connectivity index (χ3n) is 5.89. The van der Waals surface area contributed by atoms with E-state index in [2.05, 4.69) is 28.2 Å². The molecule has 0 aromatic heterocycles. The van der Waals surface area contributed by atoms with Crippen molar-refractivity contribution >= 4 is 23.6 Å². The summed E-state index contributed by atoms with van der Waals surface area (Å²) in [6.07, 6.45) is 12.9. The molecular formula is C27H44N4O6. The second-order valence-electron chi connectivity index (χ2n) is 9.39. The molecule has 37 heavy (non-hydrogen) atoms. The van der Waals surface area contributed by atoms with E-state index < -0.39 is 42.0 Å². The molecule has 0 radical (unpaired) electrons. The van der Waals surface area contributed by atoms with Crippen molar-refractivity contribution in [3.63, 3.8) is 0 Å². The molecule has 4 amide bonds. The molecule has 6 N–H and O–H groups in total. The summed E-state index contributed by atoms with van der Waals surface area (Å²) in [5.74, 6) is -2.12. The van der Waals surface area contributed by atoms with E-state index in [-0.39, 0.29) is 31.7 Å². The van der Waals surface area contributed by atoms with Gasteiger partial charge in [0.15, 0.2) is 0 Å². The Morgan fingerprint density at radius 2 is 1.92 bits per heavy atom. The number of rotatable bonds is 12. The van der Waals surface area contributed by atoms with Crippen molar-refractivity contribution in [3.8, 4) is 0 Å². The van der Waals surface area contributed by atoms with Crippen LogP contribution in [0.25, 0.3) is 0 Å². The summed E-state index contributed by atoms with van der Waals surface area (Å²) in [5.41, 5.74) is 0.425. The zero-order chi connectivity index (χ0) is 27.6. The summed E-state index contributed by atoms with van der Waals surface area (Å²) in [6.45, 7) is 5.37. The molecular weight excluding hydrogens is 476 g/mol. The van der Waals surface area contributed by atoms with Gasteiger partial charge in [0.1, 0.15) is 12.1 Å². The predicted molar refractivity (Wildman–Crippen MR) is 142 cm³/mol. The van der Waals surface area contributed by atoms with Crippen LogP contribution in [0.4, 0.5) is 0 Å². The van der Waals surface area contributed by atoms with Crippen molar-refractivity contribution in [3.05, 3.63) is 36.1 Å². The standard InChI is InChI=1S/C27H44N4O6/c1-4-5-6-7-8-9-10-11-12-13-24(35)31-25(20(3)32)27(37)30-22-18-21(33)16-17-28-23(34)15-14-19(2)29-26(22)36/h10-14,20-22,25,32-33H,4-9,15-18H2,1-3H3,(H,28,34)(H,29,36)(H,30,37)(H,31,35)/t20-,21+,22-,25-/m1/s1. The summed E-state index contributed by atoms with van der Waals surface area (Å²) in [6, 6.07) is -2.42. The van der Waals surface area contributed by atoms with Gasteiger partial charge in [-0.2, -0.15) is 0 Å². The SMILES string of the molecule is CCCCCCCC=CC=CC(=O)N[C@@H](C(=O)N[C@@H]1C[C@@H](O)CCNC(=O)CC=C(C)NC1=O)[C@@H](C)O. The average Bonchev–Trinajstić information content (AvgIpc) is 2.83. The Kier molecular flexibility index (Phi) is 15.8. The Bertz CT molecular complexity index is 837. The lowest BCUT2D eigenvalue weighted by Crippen LogP contribution is -2.57. The lowest BCUT2D eigenvalue weighted by molar-refractivity contribution is -0.133. The van der Waals surface area contributed by atoms with E-state index in [1.54, 1.807) is 25.2 Å². The first-order valence-electron chi connectivity index (χ1n) is 13.2. The van der Waals surface area contributed by atoms with E-state index in [4.69, 9.17) is 0 Å². The summed E-state index contributed by atoms with van der Waals surface area (Å²) in [4.78, 5) is 49.7. The van der Waals surface area contributed by atoms with Crippen molar-refractivity contribution < 1.29 is 29.4 Å². The minimum atomic E-state index is -1.30. The fourth-order valence-electron chi connectivity index (χ4n) is 3.70. The van der Waals surface area contributed by atoms with Crippen LogP contribution in [-0.2, 0) is 19.2 Å². The highest BCUT2D eigenvalue weighted by Gasteiger charge is 2.30. The summed E-state index contributed by atoms with van der Waals surface area (Å²) in [7, 11) is 0. The molecule has 0 spiro atoms. The summed E-state index contributed by atoms with van der Waals surface area (Å²) in [5, 5.41) is 30.7. The normalized spacial score (nSPS) is 21.3. The number of unbranched alkanes of at least 4 members (excludes halogenated alkanes) is 5. The van der Waals surface area contributed by atoms with Crippen molar-refractivity contribution in [2.24, 2.45) is 0 Å². The molecule has 0 saturated carbocycles. The monoisotopic (exact) mass is 520 g/mol. The zero-order valence-electron chi connectivity index (χ0n) is 22.3. The maximum atomic E-state index is 12.9. The van der Waals surface area contributed by atoms with Crippen LogP contribution >= 0.6 is 0 Å². The summed E-state index contributed by atoms with van der Waals surface area (Å²) < 4.78 is 0. The second kappa shape index (κ2) is 18.3. The van der Waals surface area contributed by atoms with Gasteiger partial charge in [0.2, 0.25) is 23.6 Å². The molecule has 0 aromatic rings. The molecule has 1 aliphatic heterocycles. The van der Waals surface area contributed by atoms with Crippen LogP contribution in [0.5, 0.6) is 0 Å². The van der Waals surface area contributed by atoms with E-state index in [1.165, 1.54) is 38.7 Å². The molecule has 0 saturated heterocycles. The molecule has 1 rings (SSSR count). The van der Waals surface area contributed by atoms with Gasteiger partial charge >= 0.3 is 0 Å². The van der Waals surface area contributed by atoms with Gasteiger partial charge in [-0.1, -0.05) is 56.9 Å². The fraction of sp³-hybridized carbons (Fsp3) is 0.630. The number of aliphatic hydroxyl groups is 2. The minimum Gasteiger partial charge on any atom is -0.393 e. The average molecular weight is 521 g/mol. The second-order valence-corrected chi connectivity index (χ2v) is 9.39. The van der Waals surface area contributed by atoms with Crippen LogP contribution in [0.1, 0.15) is 78.6 Å². The predicted octanol–water partition coefficient (Wildman–Crippen LogP) is 1.49. The van der Waals surface area contributed by atoms with Crippen LogP contribution in [0.2, 0.25) is 0 Å². The van der Waals surface area contributed by atoms with Crippen LogP contribution < -0.4 is 21.3 Å². The fourth-order valence-corrected chi connectivity index (χ4v) is 3.70. The highest BCUT2D eigenvalue weighted by Crippen LogP contribution is 2.08. The largest absolute Gasteiger partial charge is 0.393 e. The van der Waals surface area contributed by atoms with Crippen LogP contribution in [0, 0.1) is 0 Å². The van der Waals surface area contributed by atoms with Crippen LogP contribution in [0.3, 0.4) is 0 Å². The minimum absolute atomic E-state index is 0.0665. The van der Waals surface area contributed by atoms with E-state index in [9.17, 15) is 29.4 Å². The summed E-state index contributed by atoms with van der Waals surface area (Å²) >= 11 is 0. The lowest BCUT2D eigenvalue weighted by atomic mass is 10.0. The lowest BCUT2D eigenvalue weighted by Gasteiger charge is -2.26. The number of hydrogen-bond donors (Lipinski definition) is 6. The van der Waals surface area contributed by atoms with E-state index in [0.29, 0.717) is 5.70 Å². The van der Waals surface area contributed by atoms with Gasteiger partial charge in [0, 0.05) is 31.2 Å². The highest BCUT2D eigenvalue weighted by atomic mass is 16.3. The first-order valence-corrected chi connectivity index (χ1v) is 13.2. The van der Waals surface area contributed by atoms with Crippen LogP contribution in [-0.4, -0.2) is 64.7 Å². The molecule has 10 nitrogen and oxygen atoms in total.